The lowest BCUT2D eigenvalue weighted by Crippen LogP contribution is -2.02. The summed E-state index contributed by atoms with van der Waals surface area (Å²) < 4.78 is 1.46. The van der Waals surface area contributed by atoms with Crippen molar-refractivity contribution in [2.75, 3.05) is 5.32 Å². The molecule has 3 aromatic carbocycles. The van der Waals surface area contributed by atoms with E-state index < -0.39 is 0 Å². The molecule has 0 amide bonds. The van der Waals surface area contributed by atoms with E-state index in [1.165, 1.54) is 22.3 Å². The van der Waals surface area contributed by atoms with Crippen molar-refractivity contribution in [2.24, 2.45) is 0 Å². The summed E-state index contributed by atoms with van der Waals surface area (Å²) in [5.41, 5.74) is 5.10. The first-order valence-corrected chi connectivity index (χ1v) is 10.4. The van der Waals surface area contributed by atoms with Gasteiger partial charge in [0, 0.05) is 24.1 Å². The van der Waals surface area contributed by atoms with Crippen molar-refractivity contribution in [3.63, 3.8) is 0 Å². The van der Waals surface area contributed by atoms with Gasteiger partial charge >= 0.3 is 0 Å². The molecule has 0 bridgehead atoms. The van der Waals surface area contributed by atoms with Gasteiger partial charge in [0.1, 0.15) is 12.1 Å². The average molecular weight is 422 g/mol. The van der Waals surface area contributed by atoms with Crippen molar-refractivity contribution in [1.82, 2.24) is 14.5 Å². The molecule has 0 saturated carbocycles. The zero-order valence-corrected chi connectivity index (χ0v) is 17.3. The van der Waals surface area contributed by atoms with Crippen molar-refractivity contribution in [2.45, 2.75) is 13.1 Å². The van der Waals surface area contributed by atoms with Crippen LogP contribution in [0.15, 0.2) is 91.3 Å². The third-order valence-corrected chi connectivity index (χ3v) is 5.47. The molecule has 0 saturated heterocycles. The first-order chi connectivity index (χ1) is 15.7. The van der Waals surface area contributed by atoms with Crippen molar-refractivity contribution in [3.8, 4) is 22.9 Å². The first-order valence-electron chi connectivity index (χ1n) is 10.4. The highest BCUT2D eigenvalue weighted by Gasteiger charge is 2.09. The molecule has 158 valence electrons. The van der Waals surface area contributed by atoms with Crippen LogP contribution < -0.4 is 5.32 Å². The average Bonchev–Trinajstić information content (AvgIpc) is 3.15. The van der Waals surface area contributed by atoms with Crippen LogP contribution in [-0.2, 0) is 13.1 Å². The lowest BCUT2D eigenvalue weighted by Gasteiger charge is -2.11. The Hall–Kier alpha value is -4.32. The number of anilines is 1. The molecule has 0 atom stereocenters. The molecule has 0 radical (unpaired) electrons. The predicted molar refractivity (Wildman–Crippen MR) is 126 cm³/mol. The Bertz CT molecular complexity index is 1360. The fraction of sp³-hybridized carbons (Fsp3) is 0.0769. The van der Waals surface area contributed by atoms with E-state index in [2.05, 4.69) is 39.6 Å². The molecular weight excluding hydrogens is 400 g/mol. The molecule has 5 rings (SSSR count). The van der Waals surface area contributed by atoms with Crippen LogP contribution in [0.3, 0.4) is 0 Å². The Morgan fingerprint density at radius 1 is 0.719 bits per heavy atom. The third-order valence-electron chi connectivity index (χ3n) is 5.47. The van der Waals surface area contributed by atoms with Crippen LogP contribution in [0.5, 0.6) is 11.8 Å². The van der Waals surface area contributed by atoms with Gasteiger partial charge in [-0.15, -0.1) is 0 Å². The highest BCUT2D eigenvalue weighted by molar-refractivity contribution is 5.92. The van der Waals surface area contributed by atoms with Crippen molar-refractivity contribution >= 4 is 16.7 Å². The van der Waals surface area contributed by atoms with E-state index in [-0.39, 0.29) is 11.8 Å². The molecule has 0 fully saturated rings. The van der Waals surface area contributed by atoms with Crippen LogP contribution in [0, 0.1) is 0 Å². The number of hydrogen-bond acceptors (Lipinski definition) is 5. The largest absolute Gasteiger partial charge is 0.494 e. The van der Waals surface area contributed by atoms with E-state index in [4.69, 9.17) is 0 Å². The number of aromatic nitrogens is 3. The van der Waals surface area contributed by atoms with Gasteiger partial charge in [-0.1, -0.05) is 54.6 Å². The summed E-state index contributed by atoms with van der Waals surface area (Å²) in [7, 11) is 0. The van der Waals surface area contributed by atoms with E-state index in [9.17, 15) is 10.2 Å². The highest BCUT2D eigenvalue weighted by Crippen LogP contribution is 2.29. The minimum atomic E-state index is 0.0323. The lowest BCUT2D eigenvalue weighted by atomic mass is 10.0. The van der Waals surface area contributed by atoms with Gasteiger partial charge in [0.25, 0.3) is 0 Å². The fourth-order valence-electron chi connectivity index (χ4n) is 3.80. The quantitative estimate of drug-likeness (QED) is 0.352. The lowest BCUT2D eigenvalue weighted by molar-refractivity contribution is 0.377. The van der Waals surface area contributed by atoms with Gasteiger partial charge < -0.3 is 15.5 Å². The second-order valence-corrected chi connectivity index (χ2v) is 7.63. The maximum Gasteiger partial charge on any atom is 0.194 e. The second-order valence-electron chi connectivity index (χ2n) is 7.63. The Morgan fingerprint density at radius 3 is 2.28 bits per heavy atom. The van der Waals surface area contributed by atoms with Crippen LogP contribution >= 0.6 is 0 Å². The Kier molecular flexibility index (Phi) is 5.17. The molecule has 0 aliphatic heterocycles. The summed E-state index contributed by atoms with van der Waals surface area (Å²) in [5.74, 6) is 0.855. The number of rotatable bonds is 6. The molecule has 0 spiro atoms. The van der Waals surface area contributed by atoms with Gasteiger partial charge in [-0.05, 0) is 40.5 Å². The second kappa shape index (κ2) is 8.43. The van der Waals surface area contributed by atoms with Crippen LogP contribution in [0.25, 0.3) is 22.0 Å². The third kappa shape index (κ3) is 3.98. The fourth-order valence-corrected chi connectivity index (χ4v) is 3.80. The van der Waals surface area contributed by atoms with Gasteiger partial charge in [-0.25, -0.2) is 9.97 Å². The standard InChI is InChI=1S/C26H22N4O2/c31-24-11-12-25(32)30(24)16-19-7-4-8-20(13-19)21-9-10-23-22(14-21)26(29-17-28-23)27-15-18-5-2-1-3-6-18/h1-14,17,31-32H,15-16H2,(H,27,28,29). The summed E-state index contributed by atoms with van der Waals surface area (Å²) in [6, 6.07) is 27.3. The van der Waals surface area contributed by atoms with E-state index in [0.29, 0.717) is 13.1 Å². The van der Waals surface area contributed by atoms with E-state index in [1.54, 1.807) is 6.33 Å². The Labute approximate surface area is 185 Å². The molecule has 3 N–H and O–H groups in total. The summed E-state index contributed by atoms with van der Waals surface area (Å²) in [4.78, 5) is 8.87. The molecule has 0 aliphatic rings. The SMILES string of the molecule is Oc1ccc(O)n1Cc1cccc(-c2ccc3ncnc(NCc4ccccc4)c3c2)c1. The number of benzene rings is 3. The molecule has 0 unspecified atom stereocenters. The summed E-state index contributed by atoms with van der Waals surface area (Å²) in [5, 5.41) is 24.3. The molecule has 32 heavy (non-hydrogen) atoms. The summed E-state index contributed by atoms with van der Waals surface area (Å²) >= 11 is 0. The van der Waals surface area contributed by atoms with E-state index >= 15 is 0 Å². The molecule has 6 heteroatoms. The van der Waals surface area contributed by atoms with Crippen LogP contribution in [0.2, 0.25) is 0 Å². The number of hydrogen-bond donors (Lipinski definition) is 3. The first kappa shape index (κ1) is 19.6. The number of nitrogens with one attached hydrogen (secondary N) is 1. The van der Waals surface area contributed by atoms with Crippen LogP contribution in [-0.4, -0.2) is 24.7 Å². The van der Waals surface area contributed by atoms with Gasteiger partial charge in [-0.2, -0.15) is 0 Å². The van der Waals surface area contributed by atoms with E-state index in [0.717, 1.165) is 33.4 Å². The summed E-state index contributed by atoms with van der Waals surface area (Å²) in [6.45, 7) is 1.05. The van der Waals surface area contributed by atoms with Crippen molar-refractivity contribution in [3.05, 3.63) is 102 Å². The number of aromatic hydroxyl groups is 2. The highest BCUT2D eigenvalue weighted by atomic mass is 16.3. The molecule has 6 nitrogen and oxygen atoms in total. The van der Waals surface area contributed by atoms with Gasteiger partial charge in [0.2, 0.25) is 0 Å². The Balaban J connectivity index is 1.45. The molecular formula is C26H22N4O2. The van der Waals surface area contributed by atoms with Gasteiger partial charge in [-0.3, -0.25) is 4.57 Å². The smallest absolute Gasteiger partial charge is 0.194 e. The molecule has 2 heterocycles. The van der Waals surface area contributed by atoms with Crippen molar-refractivity contribution in [1.29, 1.82) is 0 Å². The van der Waals surface area contributed by atoms with Gasteiger partial charge in [0.05, 0.1) is 12.1 Å². The zero-order chi connectivity index (χ0) is 21.9. The maximum absolute atomic E-state index is 9.94. The molecule has 2 aromatic heterocycles. The number of nitrogens with zero attached hydrogens (tertiary/aromatic N) is 3. The molecule has 5 aromatic rings. The minimum Gasteiger partial charge on any atom is -0.494 e. The monoisotopic (exact) mass is 422 g/mol. The number of fused-ring (bicyclic) bond motifs is 1. The minimum absolute atomic E-state index is 0.0323. The van der Waals surface area contributed by atoms with Crippen LogP contribution in [0.1, 0.15) is 11.1 Å². The normalized spacial score (nSPS) is 11.0. The zero-order valence-electron chi connectivity index (χ0n) is 17.3. The van der Waals surface area contributed by atoms with Gasteiger partial charge in [0.15, 0.2) is 11.8 Å². The predicted octanol–water partition coefficient (Wildman–Crippen LogP) is 5.17. The topological polar surface area (TPSA) is 83.2 Å². The van der Waals surface area contributed by atoms with Crippen LogP contribution in [0.4, 0.5) is 5.82 Å². The maximum atomic E-state index is 9.94. The Morgan fingerprint density at radius 2 is 1.47 bits per heavy atom. The van der Waals surface area contributed by atoms with Crippen molar-refractivity contribution < 1.29 is 10.2 Å². The summed E-state index contributed by atoms with van der Waals surface area (Å²) in [6.07, 6.45) is 1.58. The molecule has 0 aliphatic carbocycles. The van der Waals surface area contributed by atoms with E-state index in [1.807, 2.05) is 48.5 Å².